The molecule has 1 saturated heterocycles. The Hall–Kier alpha value is 1.72. The Morgan fingerprint density at radius 2 is 1.64 bits per heavy atom. The first kappa shape index (κ1) is 28.9. The van der Waals surface area contributed by atoms with E-state index in [1.54, 1.807) is 0 Å². The zero-order valence-electron chi connectivity index (χ0n) is 13.1. The molecule has 1 heterocycles. The molecule has 0 aromatic rings. The number of rotatable bonds is 10. The molecule has 11 heteroatoms. The van der Waals surface area contributed by atoms with Crippen molar-refractivity contribution < 1.29 is 9.59 Å². The number of isocyanates is 2. The standard InChI is InChI=1S/C7H16S3Se2.C6H6N2O2SSe.CH4/c8-1-3-11-6-7(5-10)12-4-2-9;9-3-7-5-1-12-2-6(11-5)8-4-10;/h7-10H,1-6H2;5-6H,1-2H2;1H4. The van der Waals surface area contributed by atoms with Crippen molar-refractivity contribution in [3.05, 3.63) is 0 Å². The first-order valence-electron chi connectivity index (χ1n) is 7.10. The van der Waals surface area contributed by atoms with Crippen LogP contribution in [0.2, 0.25) is 31.4 Å². The SMILES string of the molecule is C.O=C=NC1C[Se]CC(N=C=O)S1.SCC[Se]CC(CS)[Se]CCS. The predicted molar refractivity (Wildman–Crippen MR) is 125 cm³/mol. The Morgan fingerprint density at radius 3 is 2.08 bits per heavy atom. The van der Waals surface area contributed by atoms with Crippen LogP contribution in [0.1, 0.15) is 7.43 Å². The van der Waals surface area contributed by atoms with Gasteiger partial charge in [-0.25, -0.2) is 0 Å². The Bertz CT molecular complexity index is 388. The van der Waals surface area contributed by atoms with Crippen molar-refractivity contribution in [3.63, 3.8) is 0 Å². The quantitative estimate of drug-likeness (QED) is 0.116. The summed E-state index contributed by atoms with van der Waals surface area (Å²) in [4.78, 5) is 28.0. The second-order valence-corrected chi connectivity index (χ2v) is 14.5. The maximum absolute atomic E-state index is 9.93. The molecule has 4 nitrogen and oxygen atoms in total. The van der Waals surface area contributed by atoms with Crippen LogP contribution in [0.25, 0.3) is 0 Å². The molecular weight excluding hydrogens is 593 g/mol. The molecule has 0 radical (unpaired) electrons. The Balaban J connectivity index is 0. The third-order valence-electron chi connectivity index (χ3n) is 2.42. The third-order valence-corrected chi connectivity index (χ3v) is 15.7. The van der Waals surface area contributed by atoms with Crippen LogP contribution in [-0.2, 0) is 9.59 Å². The van der Waals surface area contributed by atoms with Crippen molar-refractivity contribution in [3.8, 4) is 0 Å². The molecule has 0 aliphatic carbocycles. The Kier molecular flexibility index (Phi) is 25.5. The second kappa shape index (κ2) is 22.0. The van der Waals surface area contributed by atoms with E-state index in [-0.39, 0.29) is 18.2 Å². The monoisotopic (exact) mass is 622 g/mol. The summed E-state index contributed by atoms with van der Waals surface area (Å²) < 4.78 is 0. The molecule has 0 spiro atoms. The van der Waals surface area contributed by atoms with Crippen LogP contribution in [0.5, 0.6) is 0 Å². The van der Waals surface area contributed by atoms with E-state index < -0.39 is 0 Å². The van der Waals surface area contributed by atoms with Crippen LogP contribution in [0.15, 0.2) is 9.98 Å². The molecule has 25 heavy (non-hydrogen) atoms. The molecule has 1 rings (SSSR count). The molecule has 3 atom stereocenters. The first-order valence-corrected chi connectivity index (χ1v) is 17.0. The van der Waals surface area contributed by atoms with Gasteiger partial charge in [-0.15, -0.1) is 0 Å². The molecule has 1 aliphatic heterocycles. The Morgan fingerprint density at radius 1 is 1.08 bits per heavy atom. The van der Waals surface area contributed by atoms with Gasteiger partial charge in [-0.3, -0.25) is 0 Å². The minimum atomic E-state index is -0.0432. The average Bonchev–Trinajstić information content (AvgIpc) is 2.59. The van der Waals surface area contributed by atoms with Crippen LogP contribution >= 0.6 is 49.6 Å². The van der Waals surface area contributed by atoms with Crippen molar-refractivity contribution in [1.29, 1.82) is 0 Å². The van der Waals surface area contributed by atoms with Gasteiger partial charge in [-0.05, 0) is 0 Å². The number of hydrogen-bond acceptors (Lipinski definition) is 8. The molecule has 0 saturated carbocycles. The summed E-state index contributed by atoms with van der Waals surface area (Å²) in [6.45, 7) is 0. The van der Waals surface area contributed by atoms with E-state index in [1.807, 2.05) is 0 Å². The fourth-order valence-electron chi connectivity index (χ4n) is 1.43. The number of thioether (sulfide) groups is 1. The van der Waals surface area contributed by atoms with E-state index in [4.69, 9.17) is 0 Å². The van der Waals surface area contributed by atoms with E-state index >= 15 is 0 Å². The van der Waals surface area contributed by atoms with Crippen LogP contribution in [0.4, 0.5) is 0 Å². The summed E-state index contributed by atoms with van der Waals surface area (Å²) in [6.07, 6.45) is 3.05. The van der Waals surface area contributed by atoms with E-state index in [2.05, 4.69) is 47.9 Å². The summed E-state index contributed by atoms with van der Waals surface area (Å²) in [5, 5.41) is 5.80. The van der Waals surface area contributed by atoms with E-state index in [1.165, 1.54) is 39.9 Å². The van der Waals surface area contributed by atoms with Crippen LogP contribution in [-0.4, -0.2) is 85.0 Å². The predicted octanol–water partition coefficient (Wildman–Crippen LogP) is 3.46. The maximum atomic E-state index is 9.93. The second-order valence-electron chi connectivity index (χ2n) is 4.22. The molecule has 0 bridgehead atoms. The summed E-state index contributed by atoms with van der Waals surface area (Å²) in [6, 6.07) is 0. The summed E-state index contributed by atoms with van der Waals surface area (Å²) in [7, 11) is 0. The summed E-state index contributed by atoms with van der Waals surface area (Å²) in [5.74, 6) is 3.17. The topological polar surface area (TPSA) is 58.9 Å². The van der Waals surface area contributed by atoms with Gasteiger partial charge in [-0.2, -0.15) is 0 Å². The van der Waals surface area contributed by atoms with Crippen molar-refractivity contribution >= 4 is 107 Å². The van der Waals surface area contributed by atoms with Gasteiger partial charge in [0, 0.05) is 0 Å². The molecule has 0 aromatic carbocycles. The van der Waals surface area contributed by atoms with Crippen molar-refractivity contribution in [2.45, 2.75) is 49.6 Å². The van der Waals surface area contributed by atoms with Gasteiger partial charge in [-0.1, -0.05) is 7.43 Å². The van der Waals surface area contributed by atoms with Gasteiger partial charge in [0.15, 0.2) is 0 Å². The number of aliphatic imine (C=N–C) groups is 2. The normalized spacial score (nSPS) is 20.0. The van der Waals surface area contributed by atoms with Crippen molar-refractivity contribution in [2.24, 2.45) is 9.98 Å². The van der Waals surface area contributed by atoms with Crippen LogP contribution in [0, 0.1) is 0 Å². The molecule has 3 unspecified atom stereocenters. The summed E-state index contributed by atoms with van der Waals surface area (Å²) >= 11 is 16.3. The molecule has 0 aromatic heterocycles. The van der Waals surface area contributed by atoms with Gasteiger partial charge < -0.3 is 0 Å². The number of carbonyl (C=O) groups excluding carboxylic acids is 2. The zero-order valence-corrected chi connectivity index (χ0v) is 21.7. The average molecular weight is 620 g/mol. The van der Waals surface area contributed by atoms with Crippen molar-refractivity contribution in [2.75, 3.05) is 17.3 Å². The molecule has 1 fully saturated rings. The van der Waals surface area contributed by atoms with Gasteiger partial charge in [0.05, 0.1) is 0 Å². The van der Waals surface area contributed by atoms with Gasteiger partial charge in [0.2, 0.25) is 0 Å². The first-order chi connectivity index (χ1) is 11.7. The molecule has 146 valence electrons. The van der Waals surface area contributed by atoms with E-state index in [9.17, 15) is 9.59 Å². The molecular formula is C14H26N2O2S4Se3. The van der Waals surface area contributed by atoms with Crippen LogP contribution < -0.4 is 0 Å². The fraction of sp³-hybridized carbons (Fsp3) is 0.857. The molecule has 0 N–H and O–H groups in total. The van der Waals surface area contributed by atoms with Gasteiger partial charge in [0.25, 0.3) is 0 Å². The number of nitrogens with zero attached hydrogens (tertiary/aromatic N) is 2. The fourth-order valence-corrected chi connectivity index (χ4v) is 12.7. The molecule has 1 aliphatic rings. The van der Waals surface area contributed by atoms with Gasteiger partial charge in [0.1, 0.15) is 0 Å². The molecule has 0 amide bonds. The van der Waals surface area contributed by atoms with Crippen molar-refractivity contribution in [1.82, 2.24) is 0 Å². The minimum absolute atomic E-state index is 0. The van der Waals surface area contributed by atoms with E-state index in [0.717, 1.165) is 62.6 Å². The number of thiol groups is 3. The zero-order chi connectivity index (χ0) is 18.0. The van der Waals surface area contributed by atoms with E-state index in [0.29, 0.717) is 15.0 Å². The Labute approximate surface area is 191 Å². The third kappa shape index (κ3) is 17.5. The van der Waals surface area contributed by atoms with Crippen LogP contribution in [0.3, 0.4) is 0 Å². The summed E-state index contributed by atoms with van der Waals surface area (Å²) in [5.41, 5.74) is 0. The number of hydrogen-bond donors (Lipinski definition) is 3. The van der Waals surface area contributed by atoms with Gasteiger partial charge >= 0.3 is 186 Å².